The summed E-state index contributed by atoms with van der Waals surface area (Å²) >= 11 is 0. The van der Waals surface area contributed by atoms with Gasteiger partial charge in [-0.05, 0) is 45.0 Å². The zero-order chi connectivity index (χ0) is 15.8. The fourth-order valence-electron chi connectivity index (χ4n) is 1.87. The van der Waals surface area contributed by atoms with Gasteiger partial charge in [0.05, 0.1) is 23.6 Å². The largest absolute Gasteiger partial charge is 0.481 e. The molecule has 0 aliphatic carbocycles. The molecule has 5 nitrogen and oxygen atoms in total. The normalized spacial score (nSPS) is 12.6. The van der Waals surface area contributed by atoms with E-state index in [1.807, 2.05) is 13.0 Å². The summed E-state index contributed by atoms with van der Waals surface area (Å²) in [6.07, 6.45) is -0.635. The third-order valence-corrected chi connectivity index (χ3v) is 3.05. The lowest BCUT2D eigenvalue weighted by atomic mass is 10.2. The number of likely N-dealkylation sites (N-methyl/N-ethyl adjacent to an activating group) is 1. The number of rotatable bonds is 6. The van der Waals surface area contributed by atoms with Gasteiger partial charge in [-0.15, -0.1) is 0 Å². The van der Waals surface area contributed by atoms with Crippen molar-refractivity contribution in [2.75, 3.05) is 13.1 Å². The van der Waals surface area contributed by atoms with Crippen LogP contribution in [0.3, 0.4) is 0 Å². The number of amides is 1. The number of nitriles is 2. The summed E-state index contributed by atoms with van der Waals surface area (Å²) in [6, 6.07) is 10.8. The van der Waals surface area contributed by atoms with Crippen LogP contribution < -0.4 is 4.74 Å². The number of benzene rings is 1. The van der Waals surface area contributed by atoms with Gasteiger partial charge in [0.15, 0.2) is 6.10 Å². The van der Waals surface area contributed by atoms with Gasteiger partial charge in [0.25, 0.3) is 5.91 Å². The van der Waals surface area contributed by atoms with Gasteiger partial charge < -0.3 is 9.64 Å². The van der Waals surface area contributed by atoms with E-state index < -0.39 is 6.10 Å². The van der Waals surface area contributed by atoms with Gasteiger partial charge in [0.1, 0.15) is 5.75 Å². The van der Waals surface area contributed by atoms with Gasteiger partial charge in [-0.3, -0.25) is 4.79 Å². The second kappa shape index (κ2) is 7.91. The van der Waals surface area contributed by atoms with Crippen LogP contribution in [0, 0.1) is 28.6 Å². The topological polar surface area (TPSA) is 77.1 Å². The molecule has 21 heavy (non-hydrogen) atoms. The smallest absolute Gasteiger partial charge is 0.263 e. The molecule has 1 aromatic carbocycles. The lowest BCUT2D eigenvalue weighted by Gasteiger charge is -2.25. The summed E-state index contributed by atoms with van der Waals surface area (Å²) in [6.45, 7) is 6.26. The molecule has 0 heterocycles. The van der Waals surface area contributed by atoms with Crippen LogP contribution in [-0.4, -0.2) is 30.0 Å². The van der Waals surface area contributed by atoms with E-state index in [1.54, 1.807) is 43.0 Å². The Labute approximate surface area is 125 Å². The fourth-order valence-corrected chi connectivity index (χ4v) is 1.87. The van der Waals surface area contributed by atoms with Crippen molar-refractivity contribution in [1.82, 2.24) is 4.90 Å². The van der Waals surface area contributed by atoms with Crippen molar-refractivity contribution in [3.8, 4) is 17.9 Å². The summed E-state index contributed by atoms with van der Waals surface area (Å²) in [4.78, 5) is 13.9. The summed E-state index contributed by atoms with van der Waals surface area (Å²) < 4.78 is 5.59. The maximum Gasteiger partial charge on any atom is 0.263 e. The van der Waals surface area contributed by atoms with E-state index in [0.29, 0.717) is 24.4 Å². The minimum Gasteiger partial charge on any atom is -0.481 e. The Hall–Kier alpha value is -2.53. The van der Waals surface area contributed by atoms with Gasteiger partial charge >= 0.3 is 0 Å². The van der Waals surface area contributed by atoms with Crippen LogP contribution in [0.2, 0.25) is 0 Å². The molecule has 1 aromatic rings. The zero-order valence-corrected chi connectivity index (χ0v) is 12.5. The third kappa shape index (κ3) is 4.81. The number of hydrogen-bond donors (Lipinski definition) is 0. The zero-order valence-electron chi connectivity index (χ0n) is 12.5. The molecule has 0 aliphatic rings. The van der Waals surface area contributed by atoms with Crippen molar-refractivity contribution in [2.24, 2.45) is 5.92 Å². The highest BCUT2D eigenvalue weighted by atomic mass is 16.5. The average molecular weight is 285 g/mol. The van der Waals surface area contributed by atoms with Crippen molar-refractivity contribution in [1.29, 1.82) is 10.5 Å². The molecule has 0 aromatic heterocycles. The molecule has 0 aliphatic heterocycles. The molecule has 0 fully saturated rings. The highest BCUT2D eigenvalue weighted by Gasteiger charge is 2.22. The van der Waals surface area contributed by atoms with E-state index in [9.17, 15) is 4.79 Å². The molecule has 0 saturated heterocycles. The van der Waals surface area contributed by atoms with Crippen molar-refractivity contribution in [2.45, 2.75) is 26.9 Å². The van der Waals surface area contributed by atoms with E-state index in [1.165, 1.54) is 0 Å². The van der Waals surface area contributed by atoms with Crippen LogP contribution in [0.4, 0.5) is 0 Å². The molecule has 0 saturated carbocycles. The number of hydrogen-bond acceptors (Lipinski definition) is 4. The highest BCUT2D eigenvalue weighted by Crippen LogP contribution is 2.14. The maximum absolute atomic E-state index is 12.3. The molecular formula is C16H19N3O2. The van der Waals surface area contributed by atoms with E-state index in [0.717, 1.165) is 0 Å². The predicted octanol–water partition coefficient (Wildman–Crippen LogP) is 2.33. The molecular weight excluding hydrogens is 266 g/mol. The molecule has 0 spiro atoms. The molecule has 5 heteroatoms. The first-order valence-electron chi connectivity index (χ1n) is 6.87. The molecule has 0 N–H and O–H groups in total. The van der Waals surface area contributed by atoms with Crippen molar-refractivity contribution < 1.29 is 9.53 Å². The van der Waals surface area contributed by atoms with E-state index in [-0.39, 0.29) is 11.8 Å². The first-order valence-corrected chi connectivity index (χ1v) is 6.87. The summed E-state index contributed by atoms with van der Waals surface area (Å²) in [5, 5.41) is 17.6. The molecule has 1 amide bonds. The van der Waals surface area contributed by atoms with Crippen LogP contribution in [0.25, 0.3) is 0 Å². The summed E-state index contributed by atoms with van der Waals surface area (Å²) in [7, 11) is 0. The fraction of sp³-hybridized carbons (Fsp3) is 0.438. The second-order valence-electron chi connectivity index (χ2n) is 4.80. The van der Waals surface area contributed by atoms with Gasteiger partial charge in [-0.1, -0.05) is 0 Å². The second-order valence-corrected chi connectivity index (χ2v) is 4.80. The van der Waals surface area contributed by atoms with Crippen molar-refractivity contribution in [3.05, 3.63) is 29.8 Å². The van der Waals surface area contributed by atoms with Gasteiger partial charge in [-0.25, -0.2) is 0 Å². The molecule has 0 radical (unpaired) electrons. The number of carbonyl (C=O) groups excluding carboxylic acids is 1. The predicted molar refractivity (Wildman–Crippen MR) is 78.3 cm³/mol. The average Bonchev–Trinajstić information content (AvgIpc) is 2.52. The Morgan fingerprint density at radius 1 is 1.29 bits per heavy atom. The van der Waals surface area contributed by atoms with Crippen LogP contribution >= 0.6 is 0 Å². The maximum atomic E-state index is 12.3. The first kappa shape index (κ1) is 16.5. The standard InChI is InChI=1S/C16H19N3O2/c1-4-19(11-12(2)9-17)16(20)13(3)21-15-7-5-14(10-18)6-8-15/h5-8,12-13H,4,11H2,1-3H3/t12-,13+/m1/s1. The number of carbonyl (C=O) groups is 1. The minimum absolute atomic E-state index is 0.149. The van der Waals surface area contributed by atoms with Gasteiger partial charge in [0.2, 0.25) is 0 Å². The molecule has 2 atom stereocenters. The van der Waals surface area contributed by atoms with E-state index >= 15 is 0 Å². The van der Waals surface area contributed by atoms with E-state index in [2.05, 4.69) is 6.07 Å². The van der Waals surface area contributed by atoms with Crippen LogP contribution in [0.5, 0.6) is 5.75 Å². The van der Waals surface area contributed by atoms with Crippen molar-refractivity contribution in [3.63, 3.8) is 0 Å². The van der Waals surface area contributed by atoms with Gasteiger partial charge in [0, 0.05) is 13.1 Å². The first-order chi connectivity index (χ1) is 10.0. The lowest BCUT2D eigenvalue weighted by molar-refractivity contribution is -0.138. The molecule has 0 unspecified atom stereocenters. The Balaban J connectivity index is 2.68. The number of nitrogens with zero attached hydrogens (tertiary/aromatic N) is 3. The highest BCUT2D eigenvalue weighted by molar-refractivity contribution is 5.80. The Morgan fingerprint density at radius 3 is 2.38 bits per heavy atom. The van der Waals surface area contributed by atoms with E-state index in [4.69, 9.17) is 15.3 Å². The molecule has 110 valence electrons. The molecule has 0 bridgehead atoms. The SMILES string of the molecule is CCN(C[C@H](C)C#N)C(=O)[C@H](C)Oc1ccc(C#N)cc1. The number of ether oxygens (including phenoxy) is 1. The van der Waals surface area contributed by atoms with Gasteiger partial charge in [-0.2, -0.15) is 10.5 Å². The minimum atomic E-state index is -0.635. The summed E-state index contributed by atoms with van der Waals surface area (Å²) in [5.41, 5.74) is 0.541. The monoisotopic (exact) mass is 285 g/mol. The van der Waals surface area contributed by atoms with Crippen molar-refractivity contribution >= 4 is 5.91 Å². The third-order valence-electron chi connectivity index (χ3n) is 3.05. The van der Waals surface area contributed by atoms with Crippen LogP contribution in [0.1, 0.15) is 26.3 Å². The Morgan fingerprint density at radius 2 is 1.90 bits per heavy atom. The Kier molecular flexibility index (Phi) is 6.23. The quantitative estimate of drug-likeness (QED) is 0.803. The molecule has 1 rings (SSSR count). The Bertz CT molecular complexity index is 554. The van der Waals surface area contributed by atoms with Crippen LogP contribution in [-0.2, 0) is 4.79 Å². The van der Waals surface area contributed by atoms with Crippen LogP contribution in [0.15, 0.2) is 24.3 Å². The lowest BCUT2D eigenvalue weighted by Crippen LogP contribution is -2.42. The summed E-state index contributed by atoms with van der Waals surface area (Å²) in [5.74, 6) is 0.180.